The normalized spacial score (nSPS) is 11.3. The van der Waals surface area contributed by atoms with Gasteiger partial charge in [0.15, 0.2) is 0 Å². The fourth-order valence-electron chi connectivity index (χ4n) is 3.88. The lowest BCUT2D eigenvalue weighted by Gasteiger charge is -2.13. The predicted octanol–water partition coefficient (Wildman–Crippen LogP) is 4.44. The summed E-state index contributed by atoms with van der Waals surface area (Å²) < 4.78 is 26.8. The second-order valence-corrected chi connectivity index (χ2v) is 9.37. The van der Waals surface area contributed by atoms with Gasteiger partial charge < -0.3 is 21.3 Å². The van der Waals surface area contributed by atoms with E-state index < -0.39 is 35.3 Å². The minimum Gasteiger partial charge on any atom is -0.349 e. The molecule has 0 aliphatic rings. The molecule has 0 bridgehead atoms. The van der Waals surface area contributed by atoms with Gasteiger partial charge >= 0.3 is 0 Å². The number of hydrogen-bond acceptors (Lipinski definition) is 4. The molecule has 4 aromatic carbocycles. The van der Waals surface area contributed by atoms with E-state index in [4.69, 9.17) is 0 Å². The molecular weight excluding hydrogens is 566 g/mol. The van der Waals surface area contributed by atoms with E-state index in [1.54, 1.807) is 60.7 Å². The summed E-state index contributed by atoms with van der Waals surface area (Å²) in [4.78, 5) is 51.6. The first-order valence-corrected chi connectivity index (χ1v) is 13.5. The third-order valence-corrected chi connectivity index (χ3v) is 6.12. The maximum Gasteiger partial charge on any atom is 0.267 e. The van der Waals surface area contributed by atoms with Gasteiger partial charge in [0.05, 0.1) is 0 Å². The lowest BCUT2D eigenvalue weighted by Crippen LogP contribution is -2.41. The van der Waals surface area contributed by atoms with Crippen LogP contribution in [0.1, 0.15) is 31.8 Å². The van der Waals surface area contributed by atoms with Crippen molar-refractivity contribution in [2.24, 2.45) is 0 Å². The van der Waals surface area contributed by atoms with E-state index in [2.05, 4.69) is 21.3 Å². The second kappa shape index (κ2) is 15.4. The molecular formula is C34H28F2N4O4. The van der Waals surface area contributed by atoms with Crippen LogP contribution in [-0.4, -0.2) is 36.7 Å². The monoisotopic (exact) mass is 594 g/mol. The molecule has 0 saturated heterocycles. The molecule has 0 aliphatic heterocycles. The van der Waals surface area contributed by atoms with E-state index in [0.29, 0.717) is 22.3 Å². The molecule has 4 rings (SSSR count). The topological polar surface area (TPSA) is 116 Å². The Morgan fingerprint density at radius 2 is 0.841 bits per heavy atom. The van der Waals surface area contributed by atoms with Gasteiger partial charge in [-0.2, -0.15) is 0 Å². The minimum atomic E-state index is -0.646. The molecule has 4 amide bonds. The van der Waals surface area contributed by atoms with E-state index in [9.17, 15) is 28.0 Å². The van der Waals surface area contributed by atoms with Crippen LogP contribution >= 0.6 is 0 Å². The Balaban J connectivity index is 1.42. The number of hydrogen-bond donors (Lipinski definition) is 4. The fourth-order valence-corrected chi connectivity index (χ4v) is 3.88. The van der Waals surface area contributed by atoms with Crippen molar-refractivity contribution in [3.63, 3.8) is 0 Å². The summed E-state index contributed by atoms with van der Waals surface area (Å²) in [7, 11) is 0. The van der Waals surface area contributed by atoms with Crippen LogP contribution in [0, 0.1) is 11.6 Å². The molecule has 0 aliphatic carbocycles. The average Bonchev–Trinajstić information content (AvgIpc) is 3.05. The number of halogens is 2. The predicted molar refractivity (Wildman–Crippen MR) is 163 cm³/mol. The van der Waals surface area contributed by atoms with Crippen molar-refractivity contribution in [3.8, 4) is 0 Å². The molecule has 0 heterocycles. The minimum absolute atomic E-state index is 0.0387. The van der Waals surface area contributed by atoms with Gasteiger partial charge in [-0.05, 0) is 71.8 Å². The molecule has 8 nitrogen and oxygen atoms in total. The zero-order chi connectivity index (χ0) is 31.3. The van der Waals surface area contributed by atoms with Gasteiger partial charge in [-0.15, -0.1) is 0 Å². The van der Waals surface area contributed by atoms with Crippen LogP contribution in [0.4, 0.5) is 8.78 Å². The van der Waals surface area contributed by atoms with Crippen molar-refractivity contribution in [2.75, 3.05) is 13.1 Å². The maximum absolute atomic E-state index is 13.4. The van der Waals surface area contributed by atoms with Gasteiger partial charge in [0.1, 0.15) is 23.0 Å². The first-order chi connectivity index (χ1) is 21.3. The Kier molecular flexibility index (Phi) is 10.8. The highest BCUT2D eigenvalue weighted by Gasteiger charge is 2.17. The van der Waals surface area contributed by atoms with Crippen LogP contribution < -0.4 is 21.3 Å². The summed E-state index contributed by atoms with van der Waals surface area (Å²) in [6, 6.07) is 27.3. The van der Waals surface area contributed by atoms with E-state index in [1.165, 1.54) is 60.7 Å². The Hall–Kier alpha value is -5.90. The zero-order valence-electron chi connectivity index (χ0n) is 23.4. The van der Waals surface area contributed by atoms with Crippen LogP contribution in [0.3, 0.4) is 0 Å². The van der Waals surface area contributed by atoms with Crippen LogP contribution in [0.15, 0.2) is 121 Å². The van der Waals surface area contributed by atoms with Crippen molar-refractivity contribution in [2.45, 2.75) is 0 Å². The van der Waals surface area contributed by atoms with E-state index in [1.807, 2.05) is 0 Å². The third kappa shape index (κ3) is 9.31. The molecule has 0 aromatic heterocycles. The summed E-state index contributed by atoms with van der Waals surface area (Å²) in [5, 5.41) is 10.4. The second-order valence-electron chi connectivity index (χ2n) is 9.37. The smallest absolute Gasteiger partial charge is 0.267 e. The molecule has 0 spiro atoms. The quantitative estimate of drug-likeness (QED) is 0.152. The van der Waals surface area contributed by atoms with Crippen molar-refractivity contribution in [1.29, 1.82) is 0 Å². The largest absolute Gasteiger partial charge is 0.349 e. The molecule has 0 radical (unpaired) electrons. The molecule has 10 heteroatoms. The molecule has 0 unspecified atom stereocenters. The van der Waals surface area contributed by atoms with Crippen LogP contribution in [0.2, 0.25) is 0 Å². The number of rotatable bonds is 11. The SMILES string of the molecule is O=C(NCCNC(=O)/C(=C/c1ccc(F)cc1)NC(=O)c1ccccc1)/C(=C/c1ccc(F)cc1)NC(=O)c1ccccc1. The van der Waals surface area contributed by atoms with Crippen molar-refractivity contribution < 1.29 is 28.0 Å². The number of benzene rings is 4. The van der Waals surface area contributed by atoms with Gasteiger partial charge in [-0.1, -0.05) is 60.7 Å². The van der Waals surface area contributed by atoms with Gasteiger partial charge in [0, 0.05) is 24.2 Å². The standard InChI is InChI=1S/C34H28F2N4O4/c35-27-15-11-23(12-16-27)21-29(39-31(41)25-7-3-1-4-8-25)33(43)37-19-20-38-34(44)30(22-24-13-17-28(36)18-14-24)40-32(42)26-9-5-2-6-10-26/h1-18,21-22H,19-20H2,(H,37,43)(H,38,44)(H,39,41)(H,40,42)/b29-21-,30-22-. The highest BCUT2D eigenvalue weighted by Crippen LogP contribution is 2.10. The Bertz CT molecular complexity index is 1550. The van der Waals surface area contributed by atoms with Gasteiger partial charge in [-0.3, -0.25) is 19.2 Å². The van der Waals surface area contributed by atoms with Gasteiger partial charge in [0.2, 0.25) is 0 Å². The van der Waals surface area contributed by atoms with E-state index >= 15 is 0 Å². The number of amides is 4. The van der Waals surface area contributed by atoms with E-state index in [0.717, 1.165) is 0 Å². The fraction of sp³-hybridized carbons (Fsp3) is 0.0588. The lowest BCUT2D eigenvalue weighted by molar-refractivity contribution is -0.119. The third-order valence-electron chi connectivity index (χ3n) is 6.12. The maximum atomic E-state index is 13.4. The summed E-state index contributed by atoms with van der Waals surface area (Å²) in [5.74, 6) is -3.24. The zero-order valence-corrected chi connectivity index (χ0v) is 23.4. The average molecular weight is 595 g/mol. The highest BCUT2D eigenvalue weighted by molar-refractivity contribution is 6.06. The number of nitrogens with one attached hydrogen (secondary N) is 4. The number of carbonyl (C=O) groups excluding carboxylic acids is 4. The summed E-state index contributed by atoms with van der Waals surface area (Å²) in [6.07, 6.45) is 2.80. The van der Waals surface area contributed by atoms with Crippen LogP contribution in [-0.2, 0) is 9.59 Å². The molecule has 0 fully saturated rings. The van der Waals surface area contributed by atoms with Crippen molar-refractivity contribution >= 4 is 35.8 Å². The molecule has 0 atom stereocenters. The molecule has 0 saturated carbocycles. The van der Waals surface area contributed by atoms with Gasteiger partial charge in [-0.25, -0.2) is 8.78 Å². The van der Waals surface area contributed by atoms with Crippen molar-refractivity contribution in [3.05, 3.63) is 154 Å². The molecule has 44 heavy (non-hydrogen) atoms. The lowest BCUT2D eigenvalue weighted by atomic mass is 10.1. The first kappa shape index (κ1) is 31.0. The van der Waals surface area contributed by atoms with Gasteiger partial charge in [0.25, 0.3) is 23.6 Å². The Labute approximate surface area is 252 Å². The van der Waals surface area contributed by atoms with Crippen LogP contribution in [0.25, 0.3) is 12.2 Å². The molecule has 222 valence electrons. The van der Waals surface area contributed by atoms with E-state index in [-0.39, 0.29) is 24.5 Å². The Morgan fingerprint density at radius 1 is 0.500 bits per heavy atom. The highest BCUT2D eigenvalue weighted by atomic mass is 19.1. The first-order valence-electron chi connectivity index (χ1n) is 13.5. The Morgan fingerprint density at radius 3 is 1.18 bits per heavy atom. The summed E-state index contributed by atoms with van der Waals surface area (Å²) >= 11 is 0. The van der Waals surface area contributed by atoms with Crippen LogP contribution in [0.5, 0.6) is 0 Å². The molecule has 4 N–H and O–H groups in total. The summed E-state index contributed by atoms with van der Waals surface area (Å²) in [5.41, 5.74) is 1.42. The summed E-state index contributed by atoms with van der Waals surface area (Å²) in [6.45, 7) is -0.0774. The number of carbonyl (C=O) groups is 4. The van der Waals surface area contributed by atoms with Crippen molar-refractivity contribution in [1.82, 2.24) is 21.3 Å². The molecule has 4 aromatic rings.